The van der Waals surface area contributed by atoms with E-state index >= 15 is 0 Å². The Kier molecular flexibility index (Phi) is 8.46. The van der Waals surface area contributed by atoms with Crippen LogP contribution in [0.2, 0.25) is 13.1 Å². The second kappa shape index (κ2) is 11.6. The number of aliphatic hydroxyl groups excluding tert-OH is 1. The molecule has 5 heteroatoms. The maximum Gasteiger partial charge on any atom is 0.164 e. The fourth-order valence-electron chi connectivity index (χ4n) is 6.09. The zero-order valence-corrected chi connectivity index (χ0v) is 30.7. The number of aliphatic hydroxyl groups is 1. The zero-order chi connectivity index (χ0) is 31.6. The van der Waals surface area contributed by atoms with Crippen LogP contribution in [0.1, 0.15) is 41.5 Å². The number of carbonyl (C=O) groups is 1. The molecule has 0 atom stereocenters. The molecule has 5 aromatic carbocycles. The Labute approximate surface area is 280 Å². The van der Waals surface area contributed by atoms with Crippen LogP contribution in [-0.2, 0) is 24.9 Å². The molecule has 0 bridgehead atoms. The summed E-state index contributed by atoms with van der Waals surface area (Å²) in [6, 6.07) is 32.7. The summed E-state index contributed by atoms with van der Waals surface area (Å²) in [6.45, 7) is 16.1. The van der Waals surface area contributed by atoms with E-state index in [1.165, 1.54) is 65.1 Å². The fraction of sp³-hybridized carbons (Fsp3) is 0.250. The number of pyridine rings is 1. The number of carbonyl (C=O) groups excluding carboxylic acids is 1. The summed E-state index contributed by atoms with van der Waals surface area (Å²) in [6.07, 6.45) is 3.31. The third-order valence-corrected chi connectivity index (χ3v) is 12.4. The predicted octanol–water partition coefficient (Wildman–Crippen LogP) is 9.38. The first-order chi connectivity index (χ1) is 20.7. The minimum Gasteiger partial charge on any atom is -0.512 e. The Bertz CT molecular complexity index is 2150. The molecule has 1 N–H and O–H groups in total. The van der Waals surface area contributed by atoms with Crippen molar-refractivity contribution >= 4 is 67.3 Å². The van der Waals surface area contributed by atoms with Crippen LogP contribution in [0.4, 0.5) is 0 Å². The van der Waals surface area contributed by atoms with E-state index in [1.54, 1.807) is 0 Å². The van der Waals surface area contributed by atoms with E-state index in [9.17, 15) is 9.90 Å². The zero-order valence-electron chi connectivity index (χ0n) is 27.3. The van der Waals surface area contributed by atoms with Crippen molar-refractivity contribution in [3.8, 4) is 11.3 Å². The van der Waals surface area contributed by atoms with Crippen LogP contribution in [0.15, 0.2) is 96.9 Å². The van der Waals surface area contributed by atoms with Crippen LogP contribution in [0, 0.1) is 16.9 Å². The van der Waals surface area contributed by atoms with Gasteiger partial charge in [-0.15, -0.1) is 28.8 Å². The summed E-state index contributed by atoms with van der Waals surface area (Å²) in [7, 11) is -1.96. The number of hydrogen-bond acceptors (Lipinski definition) is 3. The molecule has 1 radical (unpaired) electrons. The van der Waals surface area contributed by atoms with E-state index in [-0.39, 0.29) is 37.1 Å². The van der Waals surface area contributed by atoms with Gasteiger partial charge in [0.1, 0.15) is 5.76 Å². The third kappa shape index (κ3) is 5.78. The molecule has 0 saturated heterocycles. The van der Waals surface area contributed by atoms with Gasteiger partial charge in [0.05, 0.1) is 8.07 Å². The van der Waals surface area contributed by atoms with Gasteiger partial charge in [-0.2, -0.15) is 0 Å². The minimum atomic E-state index is -1.96. The van der Waals surface area contributed by atoms with Crippen LogP contribution in [0.25, 0.3) is 54.3 Å². The molecule has 1 aliphatic rings. The van der Waals surface area contributed by atoms with Gasteiger partial charge in [-0.05, 0) is 38.4 Å². The summed E-state index contributed by atoms with van der Waals surface area (Å²) in [4.78, 5) is 16.4. The predicted molar refractivity (Wildman–Crippen MR) is 190 cm³/mol. The SMILES string of the molecule is CC(C)(C)C(=O)/C=C(\O)C(C)(C)C.C[Si]1(C)c2cc3ccccc3[c-]c2-c2nccc3c2c1cc1c2ccccc2ccc31.[Ir]. The molecule has 0 fully saturated rings. The van der Waals surface area contributed by atoms with E-state index in [0.717, 1.165) is 5.69 Å². The second-order valence-corrected chi connectivity index (χ2v) is 18.9. The van der Waals surface area contributed by atoms with E-state index in [2.05, 4.69) is 98.0 Å². The van der Waals surface area contributed by atoms with Gasteiger partial charge >= 0.3 is 0 Å². The first-order valence-corrected chi connectivity index (χ1v) is 18.3. The van der Waals surface area contributed by atoms with Crippen molar-refractivity contribution in [1.82, 2.24) is 4.98 Å². The molecule has 0 spiro atoms. The number of allylic oxidation sites excluding steroid dienone is 2. The minimum absolute atomic E-state index is 0. The van der Waals surface area contributed by atoms with Crippen molar-refractivity contribution < 1.29 is 30.0 Å². The molecule has 45 heavy (non-hydrogen) atoms. The van der Waals surface area contributed by atoms with Crippen molar-refractivity contribution in [2.75, 3.05) is 0 Å². The van der Waals surface area contributed by atoms with Crippen molar-refractivity contribution in [3.05, 3.63) is 103 Å². The molecule has 0 aliphatic carbocycles. The average molecular weight is 787 g/mol. The Balaban J connectivity index is 0.000000246. The van der Waals surface area contributed by atoms with Crippen molar-refractivity contribution in [3.63, 3.8) is 0 Å². The number of aromatic nitrogens is 1. The van der Waals surface area contributed by atoms with Crippen molar-refractivity contribution in [1.29, 1.82) is 0 Å². The number of fused-ring (bicyclic) bond motifs is 7. The van der Waals surface area contributed by atoms with E-state index in [0.29, 0.717) is 0 Å². The fourth-order valence-corrected chi connectivity index (χ4v) is 9.09. The third-order valence-electron chi connectivity index (χ3n) is 8.92. The standard InChI is InChI=1S/C29H20NSi.C11H20O2.Ir/c1-31(2)26-16-20-9-4-3-8-19(20)15-25(26)29-28-23(13-14-30-29)22-12-11-18-7-5-6-10-21(18)24(22)17-27(28)31;1-10(2,3)8(12)7-9(13)11(4,5)6;/h3-14,16-17H,1-2H3;7,12H,1-6H3;/q-1;;/b;8-7-;. The average Bonchev–Trinajstić information content (AvgIpc) is 2.98. The Hall–Kier alpha value is -3.63. The topological polar surface area (TPSA) is 50.2 Å². The number of rotatable bonds is 1. The van der Waals surface area contributed by atoms with Gasteiger partial charge in [0, 0.05) is 48.9 Å². The Morgan fingerprint density at radius 2 is 1.42 bits per heavy atom. The number of nitrogens with zero attached hydrogens (tertiary/aromatic N) is 1. The number of hydrogen-bond donors (Lipinski definition) is 1. The molecule has 7 rings (SSSR count). The van der Waals surface area contributed by atoms with E-state index in [4.69, 9.17) is 4.98 Å². The molecule has 1 aliphatic heterocycles. The van der Waals surface area contributed by atoms with Crippen LogP contribution >= 0.6 is 0 Å². The van der Waals surface area contributed by atoms with Crippen LogP contribution < -0.4 is 10.4 Å². The smallest absolute Gasteiger partial charge is 0.164 e. The van der Waals surface area contributed by atoms with Gasteiger partial charge in [0.15, 0.2) is 5.78 Å². The molecule has 0 unspecified atom stereocenters. The second-order valence-electron chi connectivity index (χ2n) is 14.6. The van der Waals surface area contributed by atoms with Crippen LogP contribution in [0.5, 0.6) is 0 Å². The molecule has 2 heterocycles. The Morgan fingerprint density at radius 1 is 0.756 bits per heavy atom. The monoisotopic (exact) mass is 787 g/mol. The van der Waals surface area contributed by atoms with Gasteiger partial charge in [0.2, 0.25) is 0 Å². The largest absolute Gasteiger partial charge is 0.512 e. The summed E-state index contributed by atoms with van der Waals surface area (Å²) in [5, 5.41) is 22.9. The molecule has 3 nitrogen and oxygen atoms in total. The normalized spacial score (nSPS) is 14.1. The van der Waals surface area contributed by atoms with Gasteiger partial charge in [-0.1, -0.05) is 131 Å². The molecule has 231 valence electrons. The van der Waals surface area contributed by atoms with Crippen LogP contribution in [-0.4, -0.2) is 23.9 Å². The molecular formula is C40H40IrNO2Si-. The van der Waals surface area contributed by atoms with E-state index < -0.39 is 13.5 Å². The summed E-state index contributed by atoms with van der Waals surface area (Å²) in [5.41, 5.74) is 1.53. The first kappa shape index (κ1) is 32.8. The summed E-state index contributed by atoms with van der Waals surface area (Å²) < 4.78 is 0. The molecular weight excluding hydrogens is 747 g/mol. The van der Waals surface area contributed by atoms with E-state index in [1.807, 2.05) is 47.7 Å². The summed E-state index contributed by atoms with van der Waals surface area (Å²) >= 11 is 0. The molecule has 6 aromatic rings. The van der Waals surface area contributed by atoms with Gasteiger partial charge in [-0.3, -0.25) is 9.78 Å². The molecule has 0 saturated carbocycles. The van der Waals surface area contributed by atoms with Crippen molar-refractivity contribution in [2.24, 2.45) is 10.8 Å². The maximum atomic E-state index is 11.5. The van der Waals surface area contributed by atoms with Gasteiger partial charge in [-0.25, -0.2) is 0 Å². The van der Waals surface area contributed by atoms with Crippen LogP contribution in [0.3, 0.4) is 0 Å². The maximum absolute atomic E-state index is 11.5. The molecule has 1 aromatic heterocycles. The summed E-state index contributed by atoms with van der Waals surface area (Å²) in [5.74, 6) is 0.104. The number of ketones is 1. The Morgan fingerprint density at radius 3 is 2.11 bits per heavy atom. The number of benzene rings is 5. The molecule has 0 amide bonds. The quantitative estimate of drug-likeness (QED) is 0.0595. The van der Waals surface area contributed by atoms with Gasteiger partial charge in [0.25, 0.3) is 0 Å². The first-order valence-electron chi connectivity index (χ1n) is 15.3. The van der Waals surface area contributed by atoms with Crippen molar-refractivity contribution in [2.45, 2.75) is 54.6 Å². The van der Waals surface area contributed by atoms with Gasteiger partial charge < -0.3 is 5.11 Å².